The number of alkyl carbamates (subject to hydrolysis) is 1. The standard InChI is InChI=1S/C39H64N6O8/c1-9-14-26(29(46)34(49)40-24-19-20-24)41-33(48)28-25-18-13-17-23(25)21-45(28)36(51)31(39(5,6)7)43-32(47)27(22-15-11-10-12-16-22)42-35(50)30(38(2,3)4)44-37(52)53-8/h22-28,30-31H,9-21H2,1-8H3,(H,40,49)(H,41,48)(H,42,50)(H,43,47)(H,44,52)/t23-,25-,26-,27-,28?,30-,31+/m0/s1. The third-order valence-electron chi connectivity index (χ3n) is 11.5. The molecule has 4 fully saturated rings. The van der Waals surface area contributed by atoms with Crippen molar-refractivity contribution in [3.63, 3.8) is 0 Å². The Hall–Kier alpha value is -3.71. The molecule has 0 aromatic carbocycles. The molecular formula is C39H64N6O8. The van der Waals surface area contributed by atoms with Crippen molar-refractivity contribution in [1.82, 2.24) is 31.5 Å². The Kier molecular flexibility index (Phi) is 14.0. The molecule has 5 N–H and O–H groups in total. The lowest BCUT2D eigenvalue weighted by Gasteiger charge is -2.39. The fourth-order valence-electron chi connectivity index (χ4n) is 8.33. The number of rotatable bonds is 14. The summed E-state index contributed by atoms with van der Waals surface area (Å²) >= 11 is 0. The van der Waals surface area contributed by atoms with Gasteiger partial charge in [-0.2, -0.15) is 0 Å². The predicted molar refractivity (Wildman–Crippen MR) is 198 cm³/mol. The van der Waals surface area contributed by atoms with Gasteiger partial charge in [0.2, 0.25) is 29.4 Å². The van der Waals surface area contributed by atoms with E-state index in [-0.39, 0.29) is 30.2 Å². The summed E-state index contributed by atoms with van der Waals surface area (Å²) in [6, 6.07) is -4.88. The van der Waals surface area contributed by atoms with Crippen molar-refractivity contribution in [2.75, 3.05) is 13.7 Å². The highest BCUT2D eigenvalue weighted by Gasteiger charge is 2.52. The van der Waals surface area contributed by atoms with Gasteiger partial charge in [0.25, 0.3) is 5.91 Å². The molecule has 3 aliphatic carbocycles. The Morgan fingerprint density at radius 1 is 0.736 bits per heavy atom. The molecule has 6 amide bonds. The van der Waals surface area contributed by atoms with E-state index in [4.69, 9.17) is 4.74 Å². The van der Waals surface area contributed by atoms with Crippen LogP contribution in [-0.2, 0) is 33.5 Å². The first-order valence-electron chi connectivity index (χ1n) is 19.8. The van der Waals surface area contributed by atoms with E-state index in [1.807, 2.05) is 27.7 Å². The lowest BCUT2D eigenvalue weighted by atomic mass is 9.81. The van der Waals surface area contributed by atoms with Crippen molar-refractivity contribution in [3.8, 4) is 0 Å². The normalized spacial score (nSPS) is 24.2. The smallest absolute Gasteiger partial charge is 0.407 e. The summed E-state index contributed by atoms with van der Waals surface area (Å²) in [4.78, 5) is 96.7. The maximum Gasteiger partial charge on any atom is 0.407 e. The first-order valence-corrected chi connectivity index (χ1v) is 19.8. The predicted octanol–water partition coefficient (Wildman–Crippen LogP) is 3.11. The zero-order chi connectivity index (χ0) is 39.2. The van der Waals surface area contributed by atoms with Gasteiger partial charge in [-0.15, -0.1) is 0 Å². The fraction of sp³-hybridized carbons (Fsp3) is 0.821. The number of ether oxygens (including phenoxy) is 1. The second kappa shape index (κ2) is 17.6. The van der Waals surface area contributed by atoms with Crippen molar-refractivity contribution >= 4 is 41.4 Å². The molecule has 1 unspecified atom stereocenters. The van der Waals surface area contributed by atoms with E-state index in [1.165, 1.54) is 7.11 Å². The van der Waals surface area contributed by atoms with Crippen molar-refractivity contribution in [2.45, 2.75) is 162 Å². The molecule has 4 aliphatic rings. The summed E-state index contributed by atoms with van der Waals surface area (Å²) in [5.41, 5.74) is -1.49. The molecule has 0 radical (unpaired) electrons. The molecule has 298 valence electrons. The van der Waals surface area contributed by atoms with Crippen LogP contribution in [0.25, 0.3) is 0 Å². The first-order chi connectivity index (χ1) is 24.9. The number of carbonyl (C=O) groups is 7. The van der Waals surface area contributed by atoms with E-state index in [2.05, 4.69) is 26.6 Å². The van der Waals surface area contributed by atoms with Crippen molar-refractivity contribution < 1.29 is 38.3 Å². The molecule has 0 bridgehead atoms. The van der Waals surface area contributed by atoms with Crippen molar-refractivity contribution in [1.29, 1.82) is 0 Å². The summed E-state index contributed by atoms with van der Waals surface area (Å²) in [5.74, 6) is -3.48. The van der Waals surface area contributed by atoms with Gasteiger partial charge in [0.05, 0.1) is 13.2 Å². The fourth-order valence-corrected chi connectivity index (χ4v) is 8.33. The molecule has 3 saturated carbocycles. The van der Waals surface area contributed by atoms with Gasteiger partial charge in [-0.25, -0.2) is 4.79 Å². The van der Waals surface area contributed by atoms with E-state index in [0.29, 0.717) is 25.8 Å². The van der Waals surface area contributed by atoms with Crippen LogP contribution in [-0.4, -0.2) is 96.2 Å². The van der Waals surface area contributed by atoms with E-state index in [9.17, 15) is 33.6 Å². The number of Topliss-reactive ketones (excluding diaryl/α,β-unsaturated/α-hetero) is 1. The van der Waals surface area contributed by atoms with Gasteiger partial charge in [-0.3, -0.25) is 28.8 Å². The van der Waals surface area contributed by atoms with Crippen LogP contribution in [0.2, 0.25) is 0 Å². The summed E-state index contributed by atoms with van der Waals surface area (Å²) in [7, 11) is 1.22. The van der Waals surface area contributed by atoms with Crippen LogP contribution in [0.3, 0.4) is 0 Å². The minimum absolute atomic E-state index is 0.00126. The van der Waals surface area contributed by atoms with Crippen LogP contribution < -0.4 is 26.6 Å². The van der Waals surface area contributed by atoms with Crippen LogP contribution in [0.5, 0.6) is 0 Å². The number of fused-ring (bicyclic) bond motifs is 1. The van der Waals surface area contributed by atoms with Gasteiger partial charge in [0.1, 0.15) is 24.2 Å². The quantitative estimate of drug-likeness (QED) is 0.168. The molecule has 1 heterocycles. The average Bonchev–Trinajstić information content (AvgIpc) is 3.66. The van der Waals surface area contributed by atoms with E-state index < -0.39 is 82.5 Å². The van der Waals surface area contributed by atoms with Crippen LogP contribution in [0.4, 0.5) is 4.79 Å². The van der Waals surface area contributed by atoms with Crippen molar-refractivity contribution in [2.24, 2.45) is 28.6 Å². The molecule has 1 saturated heterocycles. The minimum atomic E-state index is -1.05. The summed E-state index contributed by atoms with van der Waals surface area (Å²) in [6.45, 7) is 13.2. The van der Waals surface area contributed by atoms with Gasteiger partial charge in [-0.1, -0.05) is 80.6 Å². The molecule has 0 aromatic heterocycles. The second-order valence-electron chi connectivity index (χ2n) is 17.9. The lowest BCUT2D eigenvalue weighted by molar-refractivity contribution is -0.146. The van der Waals surface area contributed by atoms with Gasteiger partial charge in [0.15, 0.2) is 0 Å². The number of nitrogens with zero attached hydrogens (tertiary/aromatic N) is 1. The Bertz CT molecular complexity index is 1380. The SMILES string of the molecule is CCC[C@H](NC(=O)C1[C@H]2CCC[C@H]2CN1C(=O)[C@@H](NC(=O)[C@@H](NC(=O)[C@H](NC(=O)OC)C(C)(C)C)C1CCCCC1)C(C)(C)C)C(=O)C(=O)NC1CC1. The third kappa shape index (κ3) is 10.7. The van der Waals surface area contributed by atoms with Crippen LogP contribution in [0.1, 0.15) is 126 Å². The Balaban J connectivity index is 1.58. The lowest BCUT2D eigenvalue weighted by Crippen LogP contribution is -2.64. The summed E-state index contributed by atoms with van der Waals surface area (Å²) < 4.78 is 4.77. The monoisotopic (exact) mass is 744 g/mol. The van der Waals surface area contributed by atoms with Crippen LogP contribution in [0, 0.1) is 28.6 Å². The first kappa shape index (κ1) is 42.0. The van der Waals surface area contributed by atoms with E-state index in [0.717, 1.165) is 51.4 Å². The van der Waals surface area contributed by atoms with Gasteiger partial charge < -0.3 is 36.2 Å². The van der Waals surface area contributed by atoms with E-state index >= 15 is 0 Å². The number of carbonyl (C=O) groups excluding carboxylic acids is 7. The molecule has 1 aliphatic heterocycles. The topological polar surface area (TPSA) is 192 Å². The Morgan fingerprint density at radius 2 is 1.38 bits per heavy atom. The van der Waals surface area contributed by atoms with Gasteiger partial charge >= 0.3 is 6.09 Å². The highest BCUT2D eigenvalue weighted by atomic mass is 16.5. The maximum absolute atomic E-state index is 14.7. The molecule has 53 heavy (non-hydrogen) atoms. The van der Waals surface area contributed by atoms with Gasteiger partial charge in [0, 0.05) is 12.6 Å². The number of ketones is 1. The van der Waals surface area contributed by atoms with Gasteiger partial charge in [-0.05, 0) is 73.5 Å². The van der Waals surface area contributed by atoms with Crippen molar-refractivity contribution in [3.05, 3.63) is 0 Å². The highest BCUT2D eigenvalue weighted by molar-refractivity contribution is 6.38. The molecular weight excluding hydrogens is 680 g/mol. The molecule has 14 nitrogen and oxygen atoms in total. The molecule has 7 atom stereocenters. The summed E-state index contributed by atoms with van der Waals surface area (Å²) in [5, 5.41) is 14.1. The van der Waals surface area contributed by atoms with E-state index in [1.54, 1.807) is 25.7 Å². The second-order valence-corrected chi connectivity index (χ2v) is 17.9. The number of amides is 6. The average molecular weight is 745 g/mol. The zero-order valence-electron chi connectivity index (χ0n) is 33.1. The molecule has 4 rings (SSSR count). The Labute approximate surface area is 314 Å². The maximum atomic E-state index is 14.7. The minimum Gasteiger partial charge on any atom is -0.453 e. The number of likely N-dealkylation sites (tertiary alicyclic amines) is 1. The highest BCUT2D eigenvalue weighted by Crippen LogP contribution is 2.43. The number of nitrogens with one attached hydrogen (secondary N) is 5. The molecule has 0 aromatic rings. The number of methoxy groups -OCH3 is 1. The Morgan fingerprint density at radius 3 is 1.94 bits per heavy atom. The van der Waals surface area contributed by atoms with Crippen LogP contribution >= 0.6 is 0 Å². The number of hydrogen-bond donors (Lipinski definition) is 5. The number of hydrogen-bond acceptors (Lipinski definition) is 8. The third-order valence-corrected chi connectivity index (χ3v) is 11.5. The molecule has 0 spiro atoms. The van der Waals surface area contributed by atoms with Crippen LogP contribution in [0.15, 0.2) is 0 Å². The summed E-state index contributed by atoms with van der Waals surface area (Å²) in [6.07, 6.45) is 8.51. The largest absolute Gasteiger partial charge is 0.453 e. The molecule has 14 heteroatoms. The zero-order valence-corrected chi connectivity index (χ0v) is 33.1.